The Hall–Kier alpha value is -2.56. The Bertz CT molecular complexity index is 1080. The van der Waals surface area contributed by atoms with Crippen LogP contribution in [0.3, 0.4) is 0 Å². The first-order valence-electron chi connectivity index (χ1n) is 12.2. The van der Waals surface area contributed by atoms with Crippen LogP contribution in [0, 0.1) is 17.3 Å². The number of allylic oxidation sites excluding steroid dienone is 4. The van der Waals surface area contributed by atoms with Gasteiger partial charge in [-0.1, -0.05) is 29.7 Å². The SMILES string of the molecule is CN(C)c1ccc([C@H]2C[C@@]3(C)[C@@H](CC[C@@]3(O)CN=[N+]=[N-])[C@@H]3CCC4=CC(=O)CCC4=C32)cc1. The number of hydrogen-bond acceptors (Lipinski definition) is 4. The van der Waals surface area contributed by atoms with E-state index < -0.39 is 5.60 Å². The van der Waals surface area contributed by atoms with Gasteiger partial charge in [0.2, 0.25) is 0 Å². The van der Waals surface area contributed by atoms with E-state index in [0.29, 0.717) is 24.7 Å². The Balaban J connectivity index is 1.65. The Kier molecular flexibility index (Phi) is 5.42. The number of aliphatic hydroxyl groups is 1. The van der Waals surface area contributed by atoms with E-state index in [1.807, 2.05) is 20.2 Å². The van der Waals surface area contributed by atoms with Gasteiger partial charge in [-0.25, -0.2) is 0 Å². The number of benzene rings is 1. The van der Waals surface area contributed by atoms with E-state index in [0.717, 1.165) is 32.1 Å². The Morgan fingerprint density at radius 1 is 1.18 bits per heavy atom. The van der Waals surface area contributed by atoms with Gasteiger partial charge >= 0.3 is 0 Å². The highest BCUT2D eigenvalue weighted by molar-refractivity contribution is 5.93. The zero-order chi connectivity index (χ0) is 23.4. The molecule has 0 bridgehead atoms. The summed E-state index contributed by atoms with van der Waals surface area (Å²) in [7, 11) is 4.10. The maximum Gasteiger partial charge on any atom is 0.156 e. The number of ketones is 1. The van der Waals surface area contributed by atoms with Crippen LogP contribution in [0.15, 0.2) is 52.2 Å². The molecule has 0 amide bonds. The number of azide groups is 1. The molecule has 6 nitrogen and oxygen atoms in total. The maximum atomic E-state index is 12.2. The summed E-state index contributed by atoms with van der Waals surface area (Å²) in [5.41, 5.74) is 14.3. The van der Waals surface area contributed by atoms with Crippen LogP contribution in [0.1, 0.15) is 63.4 Å². The zero-order valence-corrected chi connectivity index (χ0v) is 19.9. The predicted octanol–water partition coefficient (Wildman–Crippen LogP) is 5.69. The molecule has 2 saturated carbocycles. The van der Waals surface area contributed by atoms with Crippen molar-refractivity contribution in [2.45, 2.75) is 63.4 Å². The van der Waals surface area contributed by atoms with Gasteiger partial charge in [0.05, 0.1) is 12.1 Å². The van der Waals surface area contributed by atoms with Crippen molar-refractivity contribution in [1.29, 1.82) is 0 Å². The molecule has 0 unspecified atom stereocenters. The van der Waals surface area contributed by atoms with Crippen molar-refractivity contribution in [3.8, 4) is 0 Å². The van der Waals surface area contributed by atoms with Crippen molar-refractivity contribution in [2.24, 2.45) is 22.4 Å². The first kappa shape index (κ1) is 22.2. The summed E-state index contributed by atoms with van der Waals surface area (Å²) < 4.78 is 0. The van der Waals surface area contributed by atoms with Crippen LogP contribution in [0.2, 0.25) is 0 Å². The molecule has 0 radical (unpaired) electrons. The molecule has 1 N–H and O–H groups in total. The molecule has 0 aliphatic heterocycles. The third-order valence-corrected chi connectivity index (χ3v) is 9.26. The third kappa shape index (κ3) is 3.43. The van der Waals surface area contributed by atoms with E-state index in [4.69, 9.17) is 5.53 Å². The minimum Gasteiger partial charge on any atom is -0.389 e. The molecule has 1 aromatic rings. The summed E-state index contributed by atoms with van der Waals surface area (Å²) in [5.74, 6) is 1.23. The van der Waals surface area contributed by atoms with Gasteiger partial charge in [-0.2, -0.15) is 0 Å². The molecule has 174 valence electrons. The van der Waals surface area contributed by atoms with Gasteiger partial charge in [0.15, 0.2) is 5.78 Å². The van der Waals surface area contributed by atoms with Crippen LogP contribution in [0.25, 0.3) is 10.4 Å². The molecule has 0 heterocycles. The van der Waals surface area contributed by atoms with Crippen molar-refractivity contribution in [2.75, 3.05) is 25.5 Å². The Labute approximate surface area is 196 Å². The van der Waals surface area contributed by atoms with E-state index in [2.05, 4.69) is 46.1 Å². The van der Waals surface area contributed by atoms with Crippen LogP contribution in [-0.2, 0) is 4.79 Å². The fourth-order valence-electron chi connectivity index (χ4n) is 7.47. The molecule has 6 heteroatoms. The summed E-state index contributed by atoms with van der Waals surface area (Å²) in [6.45, 7) is 2.37. The van der Waals surface area contributed by atoms with Crippen LogP contribution < -0.4 is 4.90 Å². The molecule has 0 saturated heterocycles. The number of hydrogen-bond donors (Lipinski definition) is 1. The normalized spacial score (nSPS) is 35.2. The number of nitrogens with zero attached hydrogens (tertiary/aromatic N) is 4. The largest absolute Gasteiger partial charge is 0.389 e. The van der Waals surface area contributed by atoms with Gasteiger partial charge in [-0.3, -0.25) is 4.79 Å². The summed E-state index contributed by atoms with van der Waals surface area (Å²) in [5, 5.41) is 15.6. The number of rotatable bonds is 4. The molecule has 5 atom stereocenters. The highest BCUT2D eigenvalue weighted by atomic mass is 16.3. The number of fused-ring (bicyclic) bond motifs is 4. The topological polar surface area (TPSA) is 89.3 Å². The van der Waals surface area contributed by atoms with Crippen molar-refractivity contribution in [1.82, 2.24) is 0 Å². The molecule has 0 aromatic heterocycles. The van der Waals surface area contributed by atoms with Crippen molar-refractivity contribution in [3.05, 3.63) is 63.1 Å². The van der Waals surface area contributed by atoms with E-state index >= 15 is 0 Å². The van der Waals surface area contributed by atoms with Crippen molar-refractivity contribution < 1.29 is 9.90 Å². The fraction of sp³-hybridized carbons (Fsp3) is 0.593. The molecule has 33 heavy (non-hydrogen) atoms. The smallest absolute Gasteiger partial charge is 0.156 e. The minimum absolute atomic E-state index is 0.140. The molecule has 1 aromatic carbocycles. The summed E-state index contributed by atoms with van der Waals surface area (Å²) >= 11 is 0. The molecule has 2 fully saturated rings. The molecule has 0 spiro atoms. The Morgan fingerprint density at radius 3 is 2.64 bits per heavy atom. The molecule has 4 aliphatic rings. The first-order chi connectivity index (χ1) is 15.8. The van der Waals surface area contributed by atoms with E-state index in [9.17, 15) is 9.90 Å². The van der Waals surface area contributed by atoms with E-state index in [1.165, 1.54) is 28.0 Å². The highest BCUT2D eigenvalue weighted by Crippen LogP contribution is 2.66. The van der Waals surface area contributed by atoms with E-state index in [1.54, 1.807) is 0 Å². The standard InChI is InChI=1S/C27H34N4O2/c1-26-15-23(17-4-7-19(8-5-17)31(2)3)25-21-11-9-20(32)14-18(21)6-10-22(25)24(26)12-13-27(26,33)16-29-30-28/h4-5,7-8,14,22-24,33H,6,9-13,15-16H2,1-3H3/t22-,23+,24-,26-,27+/m0/s1. The number of anilines is 1. The average Bonchev–Trinajstić information content (AvgIpc) is 3.07. The second kappa shape index (κ2) is 8.03. The summed E-state index contributed by atoms with van der Waals surface area (Å²) in [6.07, 6.45) is 7.80. The molecule has 4 aliphatic carbocycles. The second-order valence-corrected chi connectivity index (χ2v) is 10.9. The molecular weight excluding hydrogens is 412 g/mol. The van der Waals surface area contributed by atoms with Gasteiger partial charge in [0.25, 0.3) is 0 Å². The van der Waals surface area contributed by atoms with Gasteiger partial charge in [-0.15, -0.1) is 0 Å². The lowest BCUT2D eigenvalue weighted by atomic mass is 9.51. The Morgan fingerprint density at radius 2 is 1.94 bits per heavy atom. The summed E-state index contributed by atoms with van der Waals surface area (Å²) in [4.78, 5) is 17.3. The highest BCUT2D eigenvalue weighted by Gasteiger charge is 2.62. The number of carbonyl (C=O) groups excluding carboxylic acids is 1. The van der Waals surface area contributed by atoms with Crippen molar-refractivity contribution in [3.63, 3.8) is 0 Å². The fourth-order valence-corrected chi connectivity index (χ4v) is 7.47. The first-order valence-corrected chi connectivity index (χ1v) is 12.2. The van der Waals surface area contributed by atoms with Crippen LogP contribution >= 0.6 is 0 Å². The lowest BCUT2D eigenvalue weighted by Crippen LogP contribution is -2.53. The minimum atomic E-state index is -0.972. The second-order valence-electron chi connectivity index (χ2n) is 10.9. The van der Waals surface area contributed by atoms with Gasteiger partial charge < -0.3 is 10.0 Å². The van der Waals surface area contributed by atoms with Crippen LogP contribution in [-0.4, -0.2) is 37.1 Å². The van der Waals surface area contributed by atoms with Gasteiger partial charge in [-0.05, 0) is 90.8 Å². The quantitative estimate of drug-likeness (QED) is 0.366. The van der Waals surface area contributed by atoms with Crippen LogP contribution in [0.5, 0.6) is 0 Å². The summed E-state index contributed by atoms with van der Waals surface area (Å²) in [6, 6.07) is 8.83. The molecule has 5 rings (SSSR count). The average molecular weight is 447 g/mol. The van der Waals surface area contributed by atoms with Crippen molar-refractivity contribution >= 4 is 11.5 Å². The van der Waals surface area contributed by atoms with Crippen LogP contribution in [0.4, 0.5) is 5.69 Å². The predicted molar refractivity (Wildman–Crippen MR) is 130 cm³/mol. The third-order valence-electron chi connectivity index (χ3n) is 9.26. The maximum absolute atomic E-state index is 12.2. The lowest BCUT2D eigenvalue weighted by Gasteiger charge is -2.54. The molecular formula is C27H34N4O2. The van der Waals surface area contributed by atoms with E-state index in [-0.39, 0.29) is 23.7 Å². The van der Waals surface area contributed by atoms with Gasteiger partial charge in [0.1, 0.15) is 0 Å². The zero-order valence-electron chi connectivity index (χ0n) is 19.9. The lowest BCUT2D eigenvalue weighted by molar-refractivity contribution is -0.114. The number of carbonyl (C=O) groups is 1. The van der Waals surface area contributed by atoms with Gasteiger partial charge in [0, 0.05) is 42.4 Å². The monoisotopic (exact) mass is 446 g/mol.